The number of hydrogen-bond donors (Lipinski definition) is 1. The Kier molecular flexibility index (Phi) is 5.62. The van der Waals surface area contributed by atoms with Gasteiger partial charge in [-0.15, -0.1) is 0 Å². The Morgan fingerprint density at radius 3 is 2.80 bits per heavy atom. The molecule has 0 aliphatic carbocycles. The lowest BCUT2D eigenvalue weighted by Gasteiger charge is -2.12. The van der Waals surface area contributed by atoms with E-state index in [-0.39, 0.29) is 0 Å². The number of nitrogens with one attached hydrogen (secondary N) is 1. The zero-order valence-electron chi connectivity index (χ0n) is 12.9. The Morgan fingerprint density at radius 1 is 1.20 bits per heavy atom. The second kappa shape index (κ2) is 7.46. The Labute approximate surface area is 121 Å². The average molecular weight is 274 g/mol. The first-order valence-electron chi connectivity index (χ1n) is 7.51. The van der Waals surface area contributed by atoms with Gasteiger partial charge in [-0.1, -0.05) is 32.0 Å². The predicted octanol–water partition coefficient (Wildman–Crippen LogP) is 3.57. The van der Waals surface area contributed by atoms with Crippen LogP contribution in [0.25, 0.3) is 10.9 Å². The van der Waals surface area contributed by atoms with Gasteiger partial charge in [-0.25, -0.2) is 0 Å². The molecule has 110 valence electrons. The number of aryl methyl sites for hydroxylation is 1. The molecule has 20 heavy (non-hydrogen) atoms. The van der Waals surface area contributed by atoms with Crippen molar-refractivity contribution in [1.82, 2.24) is 9.88 Å². The van der Waals surface area contributed by atoms with E-state index < -0.39 is 0 Å². The van der Waals surface area contributed by atoms with E-state index in [0.717, 1.165) is 32.5 Å². The van der Waals surface area contributed by atoms with Gasteiger partial charge in [0, 0.05) is 39.0 Å². The first-order valence-corrected chi connectivity index (χ1v) is 7.51. The average Bonchev–Trinajstić information content (AvgIpc) is 2.85. The Hall–Kier alpha value is -1.32. The van der Waals surface area contributed by atoms with Crippen molar-refractivity contribution in [3.63, 3.8) is 0 Å². The summed E-state index contributed by atoms with van der Waals surface area (Å²) in [6.07, 6.45) is 4.47. The molecule has 0 atom stereocenters. The molecule has 0 spiro atoms. The molecule has 0 aliphatic rings. The Morgan fingerprint density at radius 2 is 2.05 bits per heavy atom. The zero-order chi connectivity index (χ0) is 14.4. The van der Waals surface area contributed by atoms with Crippen LogP contribution < -0.4 is 5.32 Å². The van der Waals surface area contributed by atoms with Crippen molar-refractivity contribution < 1.29 is 4.74 Å². The van der Waals surface area contributed by atoms with Crippen molar-refractivity contribution in [3.8, 4) is 0 Å². The lowest BCUT2D eigenvalue weighted by molar-refractivity contribution is 0.191. The fourth-order valence-electron chi connectivity index (χ4n) is 2.51. The molecule has 2 aromatic rings. The third kappa shape index (κ3) is 3.84. The second-order valence-electron chi connectivity index (χ2n) is 5.60. The minimum atomic E-state index is 0.510. The highest BCUT2D eigenvalue weighted by Crippen LogP contribution is 2.21. The number of fused-ring (bicyclic) bond motifs is 1. The van der Waals surface area contributed by atoms with Crippen LogP contribution in [0.1, 0.15) is 32.3 Å². The van der Waals surface area contributed by atoms with E-state index in [1.54, 1.807) is 7.11 Å². The highest BCUT2D eigenvalue weighted by atomic mass is 16.5. The van der Waals surface area contributed by atoms with Gasteiger partial charge in [0.25, 0.3) is 0 Å². The summed E-state index contributed by atoms with van der Waals surface area (Å²) in [6.45, 7) is 7.21. The first kappa shape index (κ1) is 15.1. The van der Waals surface area contributed by atoms with Crippen LogP contribution >= 0.6 is 0 Å². The zero-order valence-corrected chi connectivity index (χ0v) is 12.9. The van der Waals surface area contributed by atoms with Gasteiger partial charge in [0.1, 0.15) is 0 Å². The van der Waals surface area contributed by atoms with E-state index >= 15 is 0 Å². The van der Waals surface area contributed by atoms with E-state index in [0.29, 0.717) is 6.04 Å². The molecule has 0 saturated carbocycles. The summed E-state index contributed by atoms with van der Waals surface area (Å²) in [5.74, 6) is 0. The van der Waals surface area contributed by atoms with Gasteiger partial charge >= 0.3 is 0 Å². The molecule has 0 aliphatic heterocycles. The second-order valence-corrected chi connectivity index (χ2v) is 5.60. The van der Waals surface area contributed by atoms with Gasteiger partial charge in [0.15, 0.2) is 0 Å². The standard InChI is InChI=1S/C17H26N2O/c1-14(2)18-13-16-8-6-7-15-9-11-19(17(15)16)10-4-5-12-20-3/h6-9,11,14,18H,4-5,10,12-13H2,1-3H3. The topological polar surface area (TPSA) is 26.2 Å². The molecular formula is C17H26N2O. The smallest absolute Gasteiger partial charge is 0.0525 e. The summed E-state index contributed by atoms with van der Waals surface area (Å²) in [6, 6.07) is 9.29. The molecule has 0 unspecified atom stereocenters. The van der Waals surface area contributed by atoms with Gasteiger partial charge < -0.3 is 14.6 Å². The number of aromatic nitrogens is 1. The summed E-state index contributed by atoms with van der Waals surface area (Å²) in [5, 5.41) is 4.85. The van der Waals surface area contributed by atoms with Crippen molar-refractivity contribution >= 4 is 10.9 Å². The Bertz CT molecular complexity index is 531. The van der Waals surface area contributed by atoms with Gasteiger partial charge in [-0.2, -0.15) is 0 Å². The van der Waals surface area contributed by atoms with Gasteiger partial charge in [-0.3, -0.25) is 0 Å². The number of rotatable bonds is 8. The number of nitrogens with zero attached hydrogens (tertiary/aromatic N) is 1. The summed E-state index contributed by atoms with van der Waals surface area (Å²) >= 11 is 0. The van der Waals surface area contributed by atoms with E-state index in [9.17, 15) is 0 Å². The van der Waals surface area contributed by atoms with Crippen LogP contribution in [0.15, 0.2) is 30.5 Å². The van der Waals surface area contributed by atoms with Gasteiger partial charge in [0.2, 0.25) is 0 Å². The maximum Gasteiger partial charge on any atom is 0.0525 e. The molecule has 3 nitrogen and oxygen atoms in total. The fourth-order valence-corrected chi connectivity index (χ4v) is 2.51. The molecule has 3 heteroatoms. The lowest BCUT2D eigenvalue weighted by Crippen LogP contribution is -2.22. The molecule has 0 amide bonds. The Balaban J connectivity index is 2.13. The third-order valence-corrected chi connectivity index (χ3v) is 3.57. The summed E-state index contributed by atoms with van der Waals surface area (Å²) in [7, 11) is 1.76. The van der Waals surface area contributed by atoms with Crippen LogP contribution in [0.3, 0.4) is 0 Å². The number of unbranched alkanes of at least 4 members (excludes halogenated alkanes) is 1. The van der Waals surface area contributed by atoms with Crippen LogP contribution in [0, 0.1) is 0 Å². The molecule has 2 rings (SSSR count). The molecule has 1 heterocycles. The van der Waals surface area contributed by atoms with E-state index in [4.69, 9.17) is 4.74 Å². The molecule has 1 aromatic heterocycles. The van der Waals surface area contributed by atoms with Crippen molar-refractivity contribution in [1.29, 1.82) is 0 Å². The molecule has 0 fully saturated rings. The van der Waals surface area contributed by atoms with Crippen molar-refractivity contribution in [3.05, 3.63) is 36.0 Å². The SMILES string of the molecule is COCCCCn1ccc2cccc(CNC(C)C)c21. The third-order valence-electron chi connectivity index (χ3n) is 3.57. The van der Waals surface area contributed by atoms with Crippen LogP contribution in [-0.4, -0.2) is 24.3 Å². The van der Waals surface area contributed by atoms with E-state index in [2.05, 4.69) is 54.2 Å². The maximum atomic E-state index is 5.12. The maximum absolute atomic E-state index is 5.12. The van der Waals surface area contributed by atoms with Crippen LogP contribution in [0.2, 0.25) is 0 Å². The molecular weight excluding hydrogens is 248 g/mol. The molecule has 0 radical (unpaired) electrons. The summed E-state index contributed by atoms with van der Waals surface area (Å²) in [5.41, 5.74) is 2.76. The molecule has 0 saturated heterocycles. The normalized spacial score (nSPS) is 11.6. The van der Waals surface area contributed by atoms with E-state index in [1.807, 2.05) is 0 Å². The molecule has 1 aromatic carbocycles. The minimum absolute atomic E-state index is 0.510. The minimum Gasteiger partial charge on any atom is -0.385 e. The summed E-state index contributed by atoms with van der Waals surface area (Å²) in [4.78, 5) is 0. The number of ether oxygens (including phenoxy) is 1. The predicted molar refractivity (Wildman–Crippen MR) is 85.0 cm³/mol. The summed E-state index contributed by atoms with van der Waals surface area (Å²) < 4.78 is 7.50. The van der Waals surface area contributed by atoms with Crippen LogP contribution in [0.4, 0.5) is 0 Å². The quantitative estimate of drug-likeness (QED) is 0.745. The highest BCUT2D eigenvalue weighted by molar-refractivity contribution is 5.83. The largest absolute Gasteiger partial charge is 0.385 e. The first-order chi connectivity index (χ1) is 9.72. The van der Waals surface area contributed by atoms with Crippen LogP contribution in [0.5, 0.6) is 0 Å². The number of methoxy groups -OCH3 is 1. The highest BCUT2D eigenvalue weighted by Gasteiger charge is 2.06. The number of hydrogen-bond acceptors (Lipinski definition) is 2. The lowest BCUT2D eigenvalue weighted by atomic mass is 10.1. The number of para-hydroxylation sites is 1. The monoisotopic (exact) mass is 274 g/mol. The fraction of sp³-hybridized carbons (Fsp3) is 0.529. The van der Waals surface area contributed by atoms with Crippen molar-refractivity contribution in [2.75, 3.05) is 13.7 Å². The van der Waals surface area contributed by atoms with Crippen LogP contribution in [-0.2, 0) is 17.8 Å². The van der Waals surface area contributed by atoms with Crippen molar-refractivity contribution in [2.24, 2.45) is 0 Å². The molecule has 1 N–H and O–H groups in total. The van der Waals surface area contributed by atoms with Gasteiger partial charge in [0.05, 0.1) is 5.52 Å². The van der Waals surface area contributed by atoms with Crippen molar-refractivity contribution in [2.45, 2.75) is 45.8 Å². The van der Waals surface area contributed by atoms with E-state index in [1.165, 1.54) is 16.5 Å². The number of benzene rings is 1. The van der Waals surface area contributed by atoms with Gasteiger partial charge in [-0.05, 0) is 29.9 Å². The molecule has 0 bridgehead atoms.